The number of hydrogen-bond acceptors (Lipinski definition) is 5. The molecule has 0 unspecified atom stereocenters. The Hall–Kier alpha value is -2.09. The first-order valence-electron chi connectivity index (χ1n) is 7.64. The highest BCUT2D eigenvalue weighted by molar-refractivity contribution is 7.91. The fourth-order valence-corrected chi connectivity index (χ4v) is 3.82. The molecule has 8 heteroatoms. The van der Waals surface area contributed by atoms with Gasteiger partial charge in [0, 0.05) is 19.5 Å². The minimum absolute atomic E-state index is 0.145. The summed E-state index contributed by atoms with van der Waals surface area (Å²) in [6.07, 6.45) is -0.162. The fraction of sp³-hybridized carbons (Fsp3) is 0.500. The second kappa shape index (κ2) is 6.80. The van der Waals surface area contributed by atoms with Crippen LogP contribution >= 0.6 is 0 Å². The lowest BCUT2D eigenvalue weighted by Crippen LogP contribution is -2.63. The van der Waals surface area contributed by atoms with Crippen molar-refractivity contribution in [1.29, 1.82) is 0 Å². The predicted octanol–water partition coefficient (Wildman–Crippen LogP) is 0.596. The third-order valence-corrected chi connectivity index (χ3v) is 5.89. The minimum atomic E-state index is -3.57. The number of hydrogen-bond donors (Lipinski definition) is 1. The number of methoxy groups -OCH3 is 1. The van der Waals surface area contributed by atoms with E-state index in [0.717, 1.165) is 0 Å². The van der Waals surface area contributed by atoms with Gasteiger partial charge >= 0.3 is 0 Å². The van der Waals surface area contributed by atoms with Crippen LogP contribution in [0.5, 0.6) is 5.75 Å². The average Bonchev–Trinajstić information content (AvgIpc) is 2.55. The molecule has 0 radical (unpaired) electrons. The molecule has 0 bridgehead atoms. The molecule has 0 saturated carbocycles. The average molecular weight is 354 g/mol. The third-order valence-electron chi connectivity index (χ3n) is 4.16. The maximum atomic E-state index is 12.4. The van der Waals surface area contributed by atoms with Crippen molar-refractivity contribution >= 4 is 21.7 Å². The van der Waals surface area contributed by atoms with Crippen molar-refractivity contribution in [3.63, 3.8) is 0 Å². The van der Waals surface area contributed by atoms with E-state index >= 15 is 0 Å². The fourth-order valence-electron chi connectivity index (χ4n) is 2.59. The number of ether oxygens (including phenoxy) is 1. The molecule has 1 saturated heterocycles. The minimum Gasteiger partial charge on any atom is -0.497 e. The molecule has 1 aliphatic rings. The van der Waals surface area contributed by atoms with Crippen molar-refractivity contribution in [2.45, 2.75) is 30.7 Å². The van der Waals surface area contributed by atoms with Crippen LogP contribution in [0.2, 0.25) is 0 Å². The van der Waals surface area contributed by atoms with Crippen LogP contribution in [0.1, 0.15) is 20.3 Å². The van der Waals surface area contributed by atoms with E-state index in [2.05, 4.69) is 5.32 Å². The van der Waals surface area contributed by atoms with Crippen LogP contribution in [0.3, 0.4) is 0 Å². The molecule has 1 heterocycles. The van der Waals surface area contributed by atoms with Crippen LogP contribution < -0.4 is 10.1 Å². The highest BCUT2D eigenvalue weighted by atomic mass is 32.2. The Morgan fingerprint density at radius 2 is 1.92 bits per heavy atom. The van der Waals surface area contributed by atoms with E-state index in [1.807, 2.05) is 0 Å². The molecule has 0 spiro atoms. The topological polar surface area (TPSA) is 92.8 Å². The zero-order valence-electron chi connectivity index (χ0n) is 14.0. The van der Waals surface area contributed by atoms with Crippen molar-refractivity contribution in [1.82, 2.24) is 10.2 Å². The second-order valence-corrected chi connectivity index (χ2v) is 8.21. The maximum Gasteiger partial charge on any atom is 0.245 e. The van der Waals surface area contributed by atoms with E-state index in [9.17, 15) is 18.0 Å². The van der Waals surface area contributed by atoms with Crippen molar-refractivity contribution in [2.24, 2.45) is 0 Å². The SMILES string of the molecule is COc1ccc(S(=O)(=O)CCC(=O)N2CCNC(=O)C2(C)C)cc1. The number of nitrogens with one attached hydrogen (secondary N) is 1. The summed E-state index contributed by atoms with van der Waals surface area (Å²) < 4.78 is 29.7. The van der Waals surface area contributed by atoms with Gasteiger partial charge in [0.15, 0.2) is 9.84 Å². The molecule has 132 valence electrons. The largest absolute Gasteiger partial charge is 0.497 e. The third kappa shape index (κ3) is 3.69. The van der Waals surface area contributed by atoms with Gasteiger partial charge in [0.1, 0.15) is 11.3 Å². The lowest BCUT2D eigenvalue weighted by Gasteiger charge is -2.41. The number of carbonyl (C=O) groups is 2. The first kappa shape index (κ1) is 18.3. The maximum absolute atomic E-state index is 12.4. The van der Waals surface area contributed by atoms with E-state index in [1.54, 1.807) is 26.0 Å². The summed E-state index contributed by atoms with van der Waals surface area (Å²) in [6.45, 7) is 4.05. The Morgan fingerprint density at radius 3 is 2.50 bits per heavy atom. The zero-order valence-corrected chi connectivity index (χ0v) is 14.9. The lowest BCUT2D eigenvalue weighted by molar-refractivity contribution is -0.148. The van der Waals surface area contributed by atoms with Gasteiger partial charge in [0.05, 0.1) is 17.8 Å². The molecule has 0 atom stereocenters. The first-order valence-corrected chi connectivity index (χ1v) is 9.29. The standard InChI is InChI=1S/C16H22N2O5S/c1-16(2)15(20)17-9-10-18(16)14(19)8-11-24(21,22)13-6-4-12(23-3)5-7-13/h4-7H,8-11H2,1-3H3,(H,17,20). The highest BCUT2D eigenvalue weighted by Gasteiger charge is 2.40. The van der Waals surface area contributed by atoms with Gasteiger partial charge in [-0.1, -0.05) is 0 Å². The lowest BCUT2D eigenvalue weighted by atomic mass is 9.98. The normalized spacial score (nSPS) is 17.3. The molecule has 0 aromatic heterocycles. The second-order valence-electron chi connectivity index (χ2n) is 6.10. The van der Waals surface area contributed by atoms with Gasteiger partial charge in [0.2, 0.25) is 11.8 Å². The van der Waals surface area contributed by atoms with Gasteiger partial charge in [-0.15, -0.1) is 0 Å². The van der Waals surface area contributed by atoms with E-state index in [1.165, 1.54) is 24.1 Å². The van der Waals surface area contributed by atoms with Gasteiger partial charge in [-0.05, 0) is 38.1 Å². The summed E-state index contributed by atoms with van der Waals surface area (Å²) in [6, 6.07) is 6.04. The quantitative estimate of drug-likeness (QED) is 0.836. The molecule has 1 fully saturated rings. The summed E-state index contributed by atoms with van der Waals surface area (Å²) in [5.41, 5.74) is -0.973. The highest BCUT2D eigenvalue weighted by Crippen LogP contribution is 2.21. The Balaban J connectivity index is 2.05. The van der Waals surface area contributed by atoms with E-state index in [-0.39, 0.29) is 28.9 Å². The Labute approximate surface area is 141 Å². The van der Waals surface area contributed by atoms with Gasteiger partial charge in [0.25, 0.3) is 0 Å². The van der Waals surface area contributed by atoms with E-state index in [4.69, 9.17) is 4.74 Å². The monoisotopic (exact) mass is 354 g/mol. The van der Waals surface area contributed by atoms with Gasteiger partial charge in [-0.3, -0.25) is 9.59 Å². The van der Waals surface area contributed by atoms with Crippen LogP contribution in [0.15, 0.2) is 29.2 Å². The molecule has 7 nitrogen and oxygen atoms in total. The van der Waals surface area contributed by atoms with Crippen LogP contribution in [-0.4, -0.2) is 56.6 Å². The van der Waals surface area contributed by atoms with Crippen LogP contribution in [-0.2, 0) is 19.4 Å². The summed E-state index contributed by atoms with van der Waals surface area (Å²) in [5.74, 6) is -0.315. The molecular formula is C16H22N2O5S. The molecule has 1 aromatic rings. The summed E-state index contributed by atoms with van der Waals surface area (Å²) in [7, 11) is -2.07. The number of benzene rings is 1. The Bertz CT molecular complexity index is 725. The van der Waals surface area contributed by atoms with E-state index < -0.39 is 15.4 Å². The number of piperazine rings is 1. The number of carbonyl (C=O) groups excluding carboxylic acids is 2. The van der Waals surface area contributed by atoms with Crippen LogP contribution in [0.4, 0.5) is 0 Å². The summed E-state index contributed by atoms with van der Waals surface area (Å²) in [4.78, 5) is 25.9. The molecule has 2 rings (SSSR count). The predicted molar refractivity (Wildman–Crippen MR) is 88.5 cm³/mol. The van der Waals surface area contributed by atoms with Crippen molar-refractivity contribution in [2.75, 3.05) is 26.0 Å². The summed E-state index contributed by atoms with van der Waals surface area (Å²) in [5, 5.41) is 2.70. The van der Waals surface area contributed by atoms with Crippen molar-refractivity contribution < 1.29 is 22.7 Å². The van der Waals surface area contributed by atoms with Crippen molar-refractivity contribution in [3.8, 4) is 5.75 Å². The van der Waals surface area contributed by atoms with Crippen LogP contribution in [0.25, 0.3) is 0 Å². The molecule has 1 N–H and O–H groups in total. The van der Waals surface area contributed by atoms with Gasteiger partial charge < -0.3 is 15.0 Å². The Kier molecular flexibility index (Phi) is 5.17. The number of amides is 2. The molecule has 1 aromatic carbocycles. The Morgan fingerprint density at radius 1 is 1.29 bits per heavy atom. The van der Waals surface area contributed by atoms with Crippen molar-refractivity contribution in [3.05, 3.63) is 24.3 Å². The molecule has 2 amide bonds. The number of nitrogens with zero attached hydrogens (tertiary/aromatic N) is 1. The first-order chi connectivity index (χ1) is 11.2. The number of sulfone groups is 1. The van der Waals surface area contributed by atoms with Gasteiger partial charge in [-0.2, -0.15) is 0 Å². The molecule has 24 heavy (non-hydrogen) atoms. The smallest absolute Gasteiger partial charge is 0.245 e. The number of rotatable bonds is 5. The van der Waals surface area contributed by atoms with Gasteiger partial charge in [-0.25, -0.2) is 8.42 Å². The molecular weight excluding hydrogens is 332 g/mol. The van der Waals surface area contributed by atoms with Crippen LogP contribution in [0, 0.1) is 0 Å². The zero-order chi connectivity index (χ0) is 18.0. The van der Waals surface area contributed by atoms with E-state index in [0.29, 0.717) is 18.8 Å². The molecule has 1 aliphatic heterocycles. The molecule has 0 aliphatic carbocycles. The summed E-state index contributed by atoms with van der Waals surface area (Å²) >= 11 is 0.